The van der Waals surface area contributed by atoms with Crippen molar-refractivity contribution >= 4 is 21.7 Å². The smallest absolute Gasteiger partial charge is 0.133 e. The van der Waals surface area contributed by atoms with Crippen molar-refractivity contribution in [3.05, 3.63) is 22.3 Å². The molecule has 0 aliphatic carbocycles. The van der Waals surface area contributed by atoms with Crippen molar-refractivity contribution in [2.75, 3.05) is 32.1 Å². The summed E-state index contributed by atoms with van der Waals surface area (Å²) in [6.45, 7) is 7.42. The minimum Gasteiger partial charge on any atom is -0.352 e. The predicted molar refractivity (Wildman–Crippen MR) is 92.8 cm³/mol. The molecule has 1 unspecified atom stereocenters. The van der Waals surface area contributed by atoms with Crippen LogP contribution in [0.15, 0.2) is 16.7 Å². The molecular weight excluding hydrogens is 328 g/mol. The zero-order chi connectivity index (χ0) is 15.4. The van der Waals surface area contributed by atoms with Crippen LogP contribution in [0.1, 0.15) is 32.3 Å². The molecule has 118 valence electrons. The van der Waals surface area contributed by atoms with E-state index in [1.807, 2.05) is 6.20 Å². The highest BCUT2D eigenvalue weighted by Gasteiger charge is 2.27. The van der Waals surface area contributed by atoms with Crippen LogP contribution in [0.2, 0.25) is 0 Å². The normalized spacial score (nSPS) is 19.0. The Morgan fingerprint density at radius 1 is 1.48 bits per heavy atom. The van der Waals surface area contributed by atoms with Gasteiger partial charge in [0.1, 0.15) is 5.82 Å². The molecule has 0 bridgehead atoms. The van der Waals surface area contributed by atoms with Gasteiger partial charge in [0, 0.05) is 48.0 Å². The number of likely N-dealkylation sites (N-methyl/N-ethyl adjacent to an activating group) is 1. The zero-order valence-corrected chi connectivity index (χ0v) is 15.2. The first-order valence-electron chi connectivity index (χ1n) is 7.76. The topological polar surface area (TPSA) is 31.4 Å². The number of hydrogen-bond donors (Lipinski definition) is 1. The highest BCUT2D eigenvalue weighted by molar-refractivity contribution is 9.10. The maximum atomic E-state index is 4.72. The molecule has 1 N–H and O–H groups in total. The third-order valence-electron chi connectivity index (χ3n) is 3.84. The lowest BCUT2D eigenvalue weighted by molar-refractivity contribution is 0.371. The molecule has 0 saturated carbocycles. The first-order chi connectivity index (χ1) is 9.97. The quantitative estimate of drug-likeness (QED) is 0.850. The van der Waals surface area contributed by atoms with E-state index < -0.39 is 0 Å². The lowest BCUT2D eigenvalue weighted by Crippen LogP contribution is -2.38. The van der Waals surface area contributed by atoms with Crippen LogP contribution in [0.25, 0.3) is 0 Å². The van der Waals surface area contributed by atoms with Crippen molar-refractivity contribution in [3.8, 4) is 0 Å². The van der Waals surface area contributed by atoms with E-state index in [1.165, 1.54) is 18.4 Å². The average Bonchev–Trinajstić information content (AvgIpc) is 2.83. The fraction of sp³-hybridized carbons (Fsp3) is 0.688. The monoisotopic (exact) mass is 354 g/mol. The Balaban J connectivity index is 2.20. The molecule has 1 atom stereocenters. The van der Waals surface area contributed by atoms with Crippen LogP contribution in [-0.2, 0) is 6.54 Å². The maximum Gasteiger partial charge on any atom is 0.133 e. The van der Waals surface area contributed by atoms with Gasteiger partial charge in [-0.05, 0) is 48.9 Å². The number of nitrogens with zero attached hydrogens (tertiary/aromatic N) is 3. The highest BCUT2D eigenvalue weighted by atomic mass is 79.9. The van der Waals surface area contributed by atoms with Crippen LogP contribution in [0, 0.1) is 0 Å². The molecule has 0 aromatic carbocycles. The minimum absolute atomic E-state index is 0.480. The molecule has 0 radical (unpaired) electrons. The number of halogens is 1. The number of anilines is 1. The first-order valence-corrected chi connectivity index (χ1v) is 8.56. The molecule has 21 heavy (non-hydrogen) atoms. The number of nitrogens with one attached hydrogen (secondary N) is 1. The van der Waals surface area contributed by atoms with E-state index in [4.69, 9.17) is 4.98 Å². The van der Waals surface area contributed by atoms with Gasteiger partial charge in [-0.25, -0.2) is 4.98 Å². The second-order valence-corrected chi connectivity index (χ2v) is 7.34. The van der Waals surface area contributed by atoms with Gasteiger partial charge < -0.3 is 15.1 Å². The van der Waals surface area contributed by atoms with Gasteiger partial charge in [0.25, 0.3) is 0 Å². The third-order valence-corrected chi connectivity index (χ3v) is 4.27. The standard InChI is InChI=1S/C16H27BrN4/c1-12(2)18-9-13-8-14(17)10-19-16(13)21-7-5-6-15(21)11-20(3)4/h8,10,12,15,18H,5-7,9,11H2,1-4H3. The lowest BCUT2D eigenvalue weighted by atomic mass is 10.2. The largest absolute Gasteiger partial charge is 0.352 e. The minimum atomic E-state index is 0.480. The predicted octanol–water partition coefficient (Wildman–Crippen LogP) is 2.87. The Kier molecular flexibility index (Phi) is 6.02. The van der Waals surface area contributed by atoms with E-state index >= 15 is 0 Å². The third kappa shape index (κ3) is 4.66. The van der Waals surface area contributed by atoms with Crippen LogP contribution in [0.3, 0.4) is 0 Å². The molecular formula is C16H27BrN4. The van der Waals surface area contributed by atoms with Crippen molar-refractivity contribution in [1.29, 1.82) is 0 Å². The van der Waals surface area contributed by atoms with Gasteiger partial charge in [-0.1, -0.05) is 13.8 Å². The molecule has 1 aliphatic heterocycles. The first kappa shape index (κ1) is 16.7. The van der Waals surface area contributed by atoms with Crippen LogP contribution >= 0.6 is 15.9 Å². The second kappa shape index (κ2) is 7.56. The Morgan fingerprint density at radius 2 is 2.24 bits per heavy atom. The van der Waals surface area contributed by atoms with Gasteiger partial charge in [-0.2, -0.15) is 0 Å². The summed E-state index contributed by atoms with van der Waals surface area (Å²) < 4.78 is 1.05. The van der Waals surface area contributed by atoms with Crippen LogP contribution in [0.4, 0.5) is 5.82 Å². The molecule has 1 fully saturated rings. The molecule has 1 saturated heterocycles. The number of rotatable bonds is 6. The summed E-state index contributed by atoms with van der Waals surface area (Å²) in [5, 5.41) is 3.51. The Morgan fingerprint density at radius 3 is 2.90 bits per heavy atom. The van der Waals surface area contributed by atoms with E-state index in [2.05, 4.69) is 65.1 Å². The van der Waals surface area contributed by atoms with Crippen LogP contribution < -0.4 is 10.2 Å². The van der Waals surface area contributed by atoms with Crippen LogP contribution in [-0.4, -0.2) is 49.2 Å². The molecule has 2 heterocycles. The fourth-order valence-electron chi connectivity index (χ4n) is 2.90. The van der Waals surface area contributed by atoms with Crippen LogP contribution in [0.5, 0.6) is 0 Å². The number of aromatic nitrogens is 1. The average molecular weight is 355 g/mol. The van der Waals surface area contributed by atoms with E-state index in [9.17, 15) is 0 Å². The summed E-state index contributed by atoms with van der Waals surface area (Å²) in [7, 11) is 4.29. The maximum absolute atomic E-state index is 4.72. The molecule has 2 rings (SSSR count). The van der Waals surface area contributed by atoms with E-state index in [0.29, 0.717) is 12.1 Å². The van der Waals surface area contributed by atoms with Gasteiger partial charge >= 0.3 is 0 Å². The molecule has 0 spiro atoms. The molecule has 4 nitrogen and oxygen atoms in total. The molecule has 0 amide bonds. The van der Waals surface area contributed by atoms with Crippen molar-refractivity contribution < 1.29 is 0 Å². The summed E-state index contributed by atoms with van der Waals surface area (Å²) in [5.41, 5.74) is 1.28. The SMILES string of the molecule is CC(C)NCc1cc(Br)cnc1N1CCCC1CN(C)C. The Bertz CT molecular complexity index is 462. The Hall–Kier alpha value is -0.650. The van der Waals surface area contributed by atoms with Crippen molar-refractivity contribution in [2.45, 2.75) is 45.3 Å². The summed E-state index contributed by atoms with van der Waals surface area (Å²) in [6.07, 6.45) is 4.43. The van der Waals surface area contributed by atoms with Crippen molar-refractivity contribution in [1.82, 2.24) is 15.2 Å². The van der Waals surface area contributed by atoms with Gasteiger partial charge in [0.05, 0.1) is 0 Å². The fourth-order valence-corrected chi connectivity index (χ4v) is 3.28. The molecule has 1 aromatic heterocycles. The summed E-state index contributed by atoms with van der Waals surface area (Å²) in [4.78, 5) is 9.48. The Labute approximate surface area is 137 Å². The number of hydrogen-bond acceptors (Lipinski definition) is 4. The van der Waals surface area contributed by atoms with E-state index in [1.54, 1.807) is 0 Å². The van der Waals surface area contributed by atoms with Gasteiger partial charge in [0.2, 0.25) is 0 Å². The zero-order valence-electron chi connectivity index (χ0n) is 13.6. The summed E-state index contributed by atoms with van der Waals surface area (Å²) >= 11 is 3.55. The molecule has 1 aliphatic rings. The van der Waals surface area contributed by atoms with E-state index in [0.717, 1.165) is 29.9 Å². The van der Waals surface area contributed by atoms with E-state index in [-0.39, 0.29) is 0 Å². The summed E-state index contributed by atoms with van der Waals surface area (Å²) in [6, 6.07) is 3.25. The van der Waals surface area contributed by atoms with Gasteiger partial charge in [0.15, 0.2) is 0 Å². The second-order valence-electron chi connectivity index (χ2n) is 6.42. The lowest BCUT2D eigenvalue weighted by Gasteiger charge is -2.30. The highest BCUT2D eigenvalue weighted by Crippen LogP contribution is 2.29. The van der Waals surface area contributed by atoms with Crippen molar-refractivity contribution in [2.24, 2.45) is 0 Å². The molecule has 5 heteroatoms. The van der Waals surface area contributed by atoms with Crippen molar-refractivity contribution in [3.63, 3.8) is 0 Å². The van der Waals surface area contributed by atoms with Gasteiger partial charge in [-0.15, -0.1) is 0 Å². The van der Waals surface area contributed by atoms with Gasteiger partial charge in [-0.3, -0.25) is 0 Å². The summed E-state index contributed by atoms with van der Waals surface area (Å²) in [5.74, 6) is 1.15. The molecule has 1 aromatic rings. The number of pyridine rings is 1.